The van der Waals surface area contributed by atoms with Gasteiger partial charge in [-0.15, -0.1) is 0 Å². The van der Waals surface area contributed by atoms with Crippen LogP contribution in [0.5, 0.6) is 5.75 Å². The minimum Gasteiger partial charge on any atom is -0.507 e. The van der Waals surface area contributed by atoms with Crippen LogP contribution in [0.15, 0.2) is 65.8 Å². The Labute approximate surface area is 174 Å². The van der Waals surface area contributed by atoms with E-state index in [9.17, 15) is 15.3 Å². The molecule has 3 nitrogen and oxygen atoms in total. The number of hydrogen-bond donors (Lipinski definition) is 3. The van der Waals surface area contributed by atoms with Crippen LogP contribution in [0.1, 0.15) is 57.9 Å². The summed E-state index contributed by atoms with van der Waals surface area (Å²) in [7, 11) is 0. The predicted molar refractivity (Wildman–Crippen MR) is 123 cm³/mol. The van der Waals surface area contributed by atoms with E-state index in [1.54, 1.807) is 12.1 Å². The zero-order valence-corrected chi connectivity index (χ0v) is 17.7. The molecule has 0 spiro atoms. The van der Waals surface area contributed by atoms with Crippen molar-refractivity contribution >= 4 is 16.8 Å². The average Bonchev–Trinajstić information content (AvgIpc) is 2.72. The molecule has 3 heteroatoms. The molecule has 0 aromatic heterocycles. The van der Waals surface area contributed by atoms with Crippen molar-refractivity contribution in [2.75, 3.05) is 6.61 Å². The van der Waals surface area contributed by atoms with Gasteiger partial charge in [-0.3, -0.25) is 0 Å². The van der Waals surface area contributed by atoms with Gasteiger partial charge in [0.25, 0.3) is 0 Å². The van der Waals surface area contributed by atoms with Gasteiger partial charge in [0.05, 0.1) is 12.7 Å². The number of hydrogen-bond acceptors (Lipinski definition) is 3. The van der Waals surface area contributed by atoms with E-state index in [2.05, 4.69) is 26.5 Å². The average molecular weight is 395 g/mol. The maximum absolute atomic E-state index is 10.7. The molecule has 1 atom stereocenters. The van der Waals surface area contributed by atoms with E-state index in [4.69, 9.17) is 0 Å². The Morgan fingerprint density at radius 3 is 2.34 bits per heavy atom. The number of aliphatic hydroxyl groups excluding tert-OH is 2. The van der Waals surface area contributed by atoms with Crippen molar-refractivity contribution in [1.82, 2.24) is 0 Å². The van der Waals surface area contributed by atoms with Crippen LogP contribution in [0.25, 0.3) is 16.8 Å². The third-order valence-electron chi connectivity index (χ3n) is 5.23. The molecule has 0 aliphatic carbocycles. The van der Waals surface area contributed by atoms with Crippen molar-refractivity contribution in [1.29, 1.82) is 0 Å². The number of aliphatic hydroxyl groups is 2. The maximum Gasteiger partial charge on any atom is 0.123 e. The highest BCUT2D eigenvalue weighted by molar-refractivity contribution is 5.94. The Morgan fingerprint density at radius 2 is 1.69 bits per heavy atom. The van der Waals surface area contributed by atoms with Crippen LogP contribution in [-0.4, -0.2) is 28.0 Å². The second kappa shape index (κ2) is 11.6. The molecule has 0 amide bonds. The lowest BCUT2D eigenvalue weighted by molar-refractivity contribution is 0.200. The second-order valence-corrected chi connectivity index (χ2v) is 7.52. The number of benzene rings is 2. The summed E-state index contributed by atoms with van der Waals surface area (Å²) in [4.78, 5) is 0. The van der Waals surface area contributed by atoms with Crippen LogP contribution in [0, 0.1) is 0 Å². The van der Waals surface area contributed by atoms with E-state index in [0.717, 1.165) is 59.6 Å². The van der Waals surface area contributed by atoms with Crippen LogP contribution < -0.4 is 0 Å². The van der Waals surface area contributed by atoms with Gasteiger partial charge < -0.3 is 15.3 Å². The first-order valence-corrected chi connectivity index (χ1v) is 10.6. The first kappa shape index (κ1) is 22.9. The van der Waals surface area contributed by atoms with Gasteiger partial charge in [-0.05, 0) is 53.8 Å². The van der Waals surface area contributed by atoms with Crippen LogP contribution in [0.2, 0.25) is 0 Å². The molecule has 156 valence electrons. The summed E-state index contributed by atoms with van der Waals surface area (Å²) >= 11 is 0. The van der Waals surface area contributed by atoms with E-state index in [1.165, 1.54) is 5.57 Å². The molecule has 0 aliphatic rings. The summed E-state index contributed by atoms with van der Waals surface area (Å²) in [6.07, 6.45) is 8.37. The minimum absolute atomic E-state index is 0.0910. The Bertz CT molecular complexity index is 877. The van der Waals surface area contributed by atoms with Gasteiger partial charge in [-0.1, -0.05) is 81.3 Å². The number of aromatic hydroxyl groups is 1. The molecule has 3 N–H and O–H groups in total. The van der Waals surface area contributed by atoms with Crippen molar-refractivity contribution < 1.29 is 15.3 Å². The van der Waals surface area contributed by atoms with Crippen LogP contribution in [0.4, 0.5) is 0 Å². The summed E-state index contributed by atoms with van der Waals surface area (Å²) < 4.78 is 0. The smallest absolute Gasteiger partial charge is 0.123 e. The molecule has 0 radical (unpaired) electrons. The quantitative estimate of drug-likeness (QED) is 0.401. The summed E-state index contributed by atoms with van der Waals surface area (Å²) in [5.41, 5.74) is 4.02. The van der Waals surface area contributed by atoms with Crippen molar-refractivity contribution in [2.45, 2.75) is 58.5 Å². The third kappa shape index (κ3) is 6.31. The van der Waals surface area contributed by atoms with Crippen molar-refractivity contribution in [3.05, 3.63) is 71.3 Å². The summed E-state index contributed by atoms with van der Waals surface area (Å²) in [6, 6.07) is 11.5. The molecule has 2 rings (SSSR count). The summed E-state index contributed by atoms with van der Waals surface area (Å²) in [5.74, 6) is 0.290. The van der Waals surface area contributed by atoms with Crippen molar-refractivity contribution in [3.63, 3.8) is 0 Å². The van der Waals surface area contributed by atoms with Crippen molar-refractivity contribution in [3.8, 4) is 5.75 Å². The molecule has 0 saturated heterocycles. The maximum atomic E-state index is 10.7. The van der Waals surface area contributed by atoms with Crippen LogP contribution in [-0.2, 0) is 0 Å². The van der Waals surface area contributed by atoms with Gasteiger partial charge in [0, 0.05) is 5.39 Å². The van der Waals surface area contributed by atoms with Gasteiger partial charge in [0.1, 0.15) is 5.75 Å². The van der Waals surface area contributed by atoms with Gasteiger partial charge in [0.2, 0.25) is 0 Å². The molecule has 0 aliphatic heterocycles. The lowest BCUT2D eigenvalue weighted by atomic mass is 9.92. The Balaban J connectivity index is 2.23. The van der Waals surface area contributed by atoms with Crippen molar-refractivity contribution in [2.24, 2.45) is 0 Å². The Hall–Kier alpha value is -2.36. The van der Waals surface area contributed by atoms with Gasteiger partial charge in [-0.2, -0.15) is 0 Å². The predicted octanol–water partition coefficient (Wildman–Crippen LogP) is 6.15. The molecule has 0 heterocycles. The number of fused-ring (bicyclic) bond motifs is 1. The number of phenols is 1. The highest BCUT2D eigenvalue weighted by Gasteiger charge is 2.14. The fourth-order valence-electron chi connectivity index (χ4n) is 3.78. The van der Waals surface area contributed by atoms with E-state index in [1.807, 2.05) is 30.3 Å². The lowest BCUT2D eigenvalue weighted by Crippen LogP contribution is -2.13. The Kier molecular flexibility index (Phi) is 9.17. The SMILES string of the molecule is C=C(CCC)/C(=C/CO)C(O)CC/C(=C/c1ccc(O)c2ccccc12)CCC. The first-order chi connectivity index (χ1) is 14.0. The van der Waals surface area contributed by atoms with Gasteiger partial charge in [0.15, 0.2) is 0 Å². The number of allylic oxidation sites excluding steroid dienone is 1. The largest absolute Gasteiger partial charge is 0.507 e. The molecule has 2 aromatic carbocycles. The van der Waals surface area contributed by atoms with E-state index >= 15 is 0 Å². The fourth-order valence-corrected chi connectivity index (χ4v) is 3.78. The lowest BCUT2D eigenvalue weighted by Gasteiger charge is -2.18. The topological polar surface area (TPSA) is 60.7 Å². The zero-order chi connectivity index (χ0) is 21.2. The summed E-state index contributed by atoms with van der Waals surface area (Å²) in [6.45, 7) is 8.22. The van der Waals surface area contributed by atoms with E-state index < -0.39 is 6.10 Å². The first-order valence-electron chi connectivity index (χ1n) is 10.6. The molecule has 29 heavy (non-hydrogen) atoms. The normalized spacial score (nSPS) is 13.7. The number of rotatable bonds is 11. The highest BCUT2D eigenvalue weighted by Crippen LogP contribution is 2.30. The number of phenolic OH excluding ortho intramolecular Hbond substituents is 1. The van der Waals surface area contributed by atoms with Crippen LogP contribution >= 0.6 is 0 Å². The van der Waals surface area contributed by atoms with Crippen LogP contribution in [0.3, 0.4) is 0 Å². The minimum atomic E-state index is -0.627. The Morgan fingerprint density at radius 1 is 1.00 bits per heavy atom. The zero-order valence-electron chi connectivity index (χ0n) is 17.7. The molecule has 0 fully saturated rings. The van der Waals surface area contributed by atoms with E-state index in [0.29, 0.717) is 12.2 Å². The molecular weight excluding hydrogens is 360 g/mol. The highest BCUT2D eigenvalue weighted by atomic mass is 16.3. The standard InChI is InChI=1S/C26H34O3/c1-4-8-19(3)22(16-17-27)25(28)14-12-20(9-5-2)18-21-13-15-26(29)24-11-7-6-10-23(21)24/h6-7,10-11,13,15-16,18,25,27-29H,3-5,8-9,12,14,17H2,1-2H3/b20-18+,22-16-. The molecule has 1 unspecified atom stereocenters. The van der Waals surface area contributed by atoms with Gasteiger partial charge in [-0.25, -0.2) is 0 Å². The monoisotopic (exact) mass is 394 g/mol. The molecule has 0 saturated carbocycles. The molecule has 0 bridgehead atoms. The molecule has 2 aromatic rings. The second-order valence-electron chi connectivity index (χ2n) is 7.52. The third-order valence-corrected chi connectivity index (χ3v) is 5.23. The molecular formula is C26H34O3. The van der Waals surface area contributed by atoms with Gasteiger partial charge >= 0.3 is 0 Å². The summed E-state index contributed by atoms with van der Waals surface area (Å²) in [5, 5.41) is 32.1. The fraction of sp³-hybridized carbons (Fsp3) is 0.385. The van der Waals surface area contributed by atoms with E-state index in [-0.39, 0.29) is 6.61 Å².